The first kappa shape index (κ1) is 32.2. The van der Waals surface area contributed by atoms with E-state index in [1.165, 1.54) is 13.8 Å². The van der Waals surface area contributed by atoms with Gasteiger partial charge in [-0.2, -0.15) is 12.8 Å². The van der Waals surface area contributed by atoms with Crippen LogP contribution in [0.25, 0.3) is 0 Å². The van der Waals surface area contributed by atoms with E-state index in [4.69, 9.17) is 0 Å². The van der Waals surface area contributed by atoms with Crippen molar-refractivity contribution in [2.75, 3.05) is 0 Å². The molecule has 0 fully saturated rings. The van der Waals surface area contributed by atoms with Crippen LogP contribution in [0.4, 0.5) is 0 Å². The topological polar surface area (TPSA) is 68.3 Å². The molecule has 0 aliphatic carbocycles. The van der Waals surface area contributed by atoms with Crippen molar-refractivity contribution < 1.29 is 40.9 Å². The number of carbonyl (C=O) groups is 4. The summed E-state index contributed by atoms with van der Waals surface area (Å²) in [7, 11) is 0. The van der Waals surface area contributed by atoms with E-state index in [2.05, 4.69) is 27.7 Å². The van der Waals surface area contributed by atoms with Crippen LogP contribution in [0.1, 0.15) is 53.4 Å². The fourth-order valence-corrected chi connectivity index (χ4v) is 0.555. The molecule has 0 aliphatic rings. The molecule has 0 radical (unpaired) electrons. The third-order valence-electron chi connectivity index (χ3n) is 0.892. The van der Waals surface area contributed by atoms with Crippen molar-refractivity contribution in [2.24, 2.45) is 0 Å². The standard InChI is InChI=1S/2C5H7O2.2C3H7.Ti/c2*1-4(6)3-5(2)7;2*1-3-2;/h2*1,3H2,2H3;2*1,3H2,2H3;/q4*-1;+4. The minimum atomic E-state index is -0.312. The molecule has 120 valence electrons. The summed E-state index contributed by atoms with van der Waals surface area (Å²) in [6, 6.07) is 0. The van der Waals surface area contributed by atoms with E-state index < -0.39 is 0 Å². The van der Waals surface area contributed by atoms with Crippen molar-refractivity contribution in [3.8, 4) is 0 Å². The van der Waals surface area contributed by atoms with Gasteiger partial charge in [-0.1, -0.05) is 13.8 Å². The molecule has 0 heterocycles. The van der Waals surface area contributed by atoms with Crippen molar-refractivity contribution >= 4 is 23.1 Å². The zero-order valence-corrected chi connectivity index (χ0v) is 15.4. The largest absolute Gasteiger partial charge is 4.00 e. The van der Waals surface area contributed by atoms with Gasteiger partial charge in [0.15, 0.2) is 0 Å². The van der Waals surface area contributed by atoms with Crippen molar-refractivity contribution in [3.63, 3.8) is 0 Å². The van der Waals surface area contributed by atoms with Gasteiger partial charge in [0.1, 0.15) is 11.6 Å². The van der Waals surface area contributed by atoms with Crippen molar-refractivity contribution in [3.05, 3.63) is 27.7 Å². The van der Waals surface area contributed by atoms with Crippen LogP contribution in [-0.4, -0.2) is 23.1 Å². The van der Waals surface area contributed by atoms with Crippen LogP contribution < -0.4 is 0 Å². The molecule has 0 N–H and O–H groups in total. The Bertz CT molecular complexity index is 221. The first-order valence-electron chi connectivity index (χ1n) is 6.35. The predicted molar refractivity (Wildman–Crippen MR) is 82.6 cm³/mol. The average Bonchev–Trinajstić information content (AvgIpc) is 2.15. The summed E-state index contributed by atoms with van der Waals surface area (Å²) in [6.07, 6.45) is 1.94. The third kappa shape index (κ3) is 110. The molecule has 0 amide bonds. The molecule has 0 saturated heterocycles. The Morgan fingerprint density at radius 1 is 0.714 bits per heavy atom. The Balaban J connectivity index is -0.0000000576. The van der Waals surface area contributed by atoms with Gasteiger partial charge in [0, 0.05) is 24.4 Å². The number of ketones is 4. The van der Waals surface area contributed by atoms with Gasteiger partial charge < -0.3 is 37.3 Å². The molecule has 0 aliphatic heterocycles. The summed E-state index contributed by atoms with van der Waals surface area (Å²) >= 11 is 0. The van der Waals surface area contributed by atoms with Gasteiger partial charge in [-0.3, -0.25) is 9.59 Å². The second-order valence-corrected chi connectivity index (χ2v) is 3.83. The van der Waals surface area contributed by atoms with E-state index in [1.54, 1.807) is 0 Å². The van der Waals surface area contributed by atoms with Gasteiger partial charge in [-0.15, -0.1) is 0 Å². The van der Waals surface area contributed by atoms with Gasteiger partial charge in [-0.25, -0.2) is 0 Å². The first-order chi connectivity index (χ1) is 9.08. The smallest absolute Gasteiger partial charge is 0.344 e. The molecule has 0 atom stereocenters. The Morgan fingerprint density at radius 2 is 0.857 bits per heavy atom. The molecule has 0 bridgehead atoms. The minimum absolute atomic E-state index is 0. The van der Waals surface area contributed by atoms with E-state index in [0.29, 0.717) is 0 Å². The van der Waals surface area contributed by atoms with Crippen molar-refractivity contribution in [2.45, 2.75) is 53.4 Å². The molecule has 0 aromatic rings. The number of carbonyl (C=O) groups excluding carboxylic acids is 4. The molecular weight excluding hydrogens is 304 g/mol. The second kappa shape index (κ2) is 27.5. The Kier molecular flexibility index (Phi) is 42.1. The number of Topliss-reactive ketones (excluding diaryl/α,β-unsaturated/α-hetero) is 4. The zero-order valence-electron chi connectivity index (χ0n) is 13.8. The van der Waals surface area contributed by atoms with E-state index in [9.17, 15) is 19.2 Å². The molecule has 0 rings (SSSR count). The van der Waals surface area contributed by atoms with Crippen LogP contribution in [0, 0.1) is 27.7 Å². The van der Waals surface area contributed by atoms with Crippen LogP contribution in [0.5, 0.6) is 0 Å². The average molecular weight is 332 g/mol. The van der Waals surface area contributed by atoms with Gasteiger partial charge in [0.25, 0.3) is 0 Å². The summed E-state index contributed by atoms with van der Waals surface area (Å²) in [4.78, 5) is 39.8. The fourth-order valence-electron chi connectivity index (χ4n) is 0.555. The summed E-state index contributed by atoms with van der Waals surface area (Å²) in [5.74, 6) is -0.875. The number of hydrogen-bond donors (Lipinski definition) is 0. The van der Waals surface area contributed by atoms with Crippen LogP contribution in [-0.2, 0) is 40.9 Å². The Morgan fingerprint density at radius 3 is 0.857 bits per heavy atom. The van der Waals surface area contributed by atoms with Crippen LogP contribution in [0.2, 0.25) is 0 Å². The summed E-state index contributed by atoms with van der Waals surface area (Å²) in [6.45, 7) is 19.8. The maximum absolute atomic E-state index is 9.99. The van der Waals surface area contributed by atoms with Crippen LogP contribution in [0.15, 0.2) is 0 Å². The molecule has 0 unspecified atom stereocenters. The molecule has 4 nitrogen and oxygen atoms in total. The summed E-state index contributed by atoms with van der Waals surface area (Å²) in [5.41, 5.74) is 0. The minimum Gasteiger partial charge on any atom is -0.344 e. The molecule has 21 heavy (non-hydrogen) atoms. The molecule has 0 aromatic carbocycles. The molecule has 0 aromatic heterocycles. The molecule has 0 spiro atoms. The van der Waals surface area contributed by atoms with E-state index in [1.807, 2.05) is 13.8 Å². The summed E-state index contributed by atoms with van der Waals surface area (Å²) in [5, 5.41) is 0. The van der Waals surface area contributed by atoms with E-state index >= 15 is 0 Å². The quantitative estimate of drug-likeness (QED) is 0.450. The third-order valence-corrected chi connectivity index (χ3v) is 0.892. The maximum Gasteiger partial charge on any atom is 4.00 e. The Labute approximate surface area is 145 Å². The van der Waals surface area contributed by atoms with Crippen molar-refractivity contribution in [1.82, 2.24) is 0 Å². The van der Waals surface area contributed by atoms with Gasteiger partial charge in [0.2, 0.25) is 0 Å². The van der Waals surface area contributed by atoms with Crippen LogP contribution >= 0.6 is 0 Å². The molecule has 5 heteroatoms. The Hall–Kier alpha value is -0.866. The molecular formula is C16H28O4Ti. The zero-order chi connectivity index (χ0) is 17.1. The monoisotopic (exact) mass is 332 g/mol. The van der Waals surface area contributed by atoms with E-state index in [-0.39, 0.29) is 57.7 Å². The van der Waals surface area contributed by atoms with Crippen molar-refractivity contribution in [1.29, 1.82) is 0 Å². The number of hydrogen-bond acceptors (Lipinski definition) is 4. The van der Waals surface area contributed by atoms with Gasteiger partial charge in [0.05, 0.1) is 0 Å². The van der Waals surface area contributed by atoms with Crippen LogP contribution in [0.3, 0.4) is 0 Å². The van der Waals surface area contributed by atoms with E-state index in [0.717, 1.165) is 12.8 Å². The SMILES string of the molecule is [CH2-]C(=O)CC(C)=O.[CH2-]C(=O)CC(C)=O.[CH2-]CC.[CH2-]CC.[Ti+4]. The summed E-state index contributed by atoms with van der Waals surface area (Å²) < 4.78 is 0. The normalized spacial score (nSPS) is 7.14. The van der Waals surface area contributed by atoms with Gasteiger partial charge >= 0.3 is 21.7 Å². The number of rotatable bonds is 4. The molecule has 0 saturated carbocycles. The van der Waals surface area contributed by atoms with Gasteiger partial charge in [-0.05, 0) is 13.8 Å². The maximum atomic E-state index is 9.99. The first-order valence-corrected chi connectivity index (χ1v) is 6.35. The fraction of sp³-hybridized carbons (Fsp3) is 0.500. The second-order valence-electron chi connectivity index (χ2n) is 3.83. The predicted octanol–water partition coefficient (Wildman–Crippen LogP) is 3.20.